The molecule has 1 saturated carbocycles. The number of ether oxygens (including phenoxy) is 3. The van der Waals surface area contributed by atoms with E-state index in [0.29, 0.717) is 23.0 Å². The van der Waals surface area contributed by atoms with E-state index in [-0.39, 0.29) is 19.1 Å². The lowest BCUT2D eigenvalue weighted by atomic mass is 9.75. The standard InChI is InChI=1S/C23H28N2O5/c1-28-21-14-17(6-8-20(21)29-13-11-24)7-9-23(27)30-16-22(26)25-12-10-18-4-2-3-5-19(18)15-25/h6-9,14,18-19H,2-5,10,12-13,15-16H2,1H3/b9-7+/t18-,19+/m1/s1. The van der Waals surface area contributed by atoms with Crippen molar-refractivity contribution in [2.45, 2.75) is 32.1 Å². The van der Waals surface area contributed by atoms with E-state index in [1.54, 1.807) is 24.3 Å². The van der Waals surface area contributed by atoms with Crippen molar-refractivity contribution >= 4 is 18.0 Å². The summed E-state index contributed by atoms with van der Waals surface area (Å²) in [6.07, 6.45) is 8.95. The molecule has 1 aliphatic carbocycles. The summed E-state index contributed by atoms with van der Waals surface area (Å²) in [5.41, 5.74) is 0.707. The number of fused-ring (bicyclic) bond motifs is 1. The maximum atomic E-state index is 12.4. The minimum atomic E-state index is -0.570. The molecule has 0 unspecified atom stereocenters. The summed E-state index contributed by atoms with van der Waals surface area (Å²) >= 11 is 0. The highest BCUT2D eigenvalue weighted by Gasteiger charge is 2.32. The van der Waals surface area contributed by atoms with Gasteiger partial charge in [-0.3, -0.25) is 4.79 Å². The predicted octanol–water partition coefficient (Wildman–Crippen LogP) is 3.19. The van der Waals surface area contributed by atoms with Crippen molar-refractivity contribution in [1.82, 2.24) is 4.90 Å². The Morgan fingerprint density at radius 1 is 1.20 bits per heavy atom. The quantitative estimate of drug-likeness (QED) is 0.505. The third-order valence-electron chi connectivity index (χ3n) is 5.87. The minimum Gasteiger partial charge on any atom is -0.493 e. The molecule has 1 saturated heterocycles. The highest BCUT2D eigenvalue weighted by atomic mass is 16.5. The second-order valence-corrected chi connectivity index (χ2v) is 7.73. The zero-order valence-electron chi connectivity index (χ0n) is 17.3. The van der Waals surface area contributed by atoms with Crippen LogP contribution in [0.15, 0.2) is 24.3 Å². The summed E-state index contributed by atoms with van der Waals surface area (Å²) in [6, 6.07) is 6.99. The Bertz CT molecular complexity index is 829. The van der Waals surface area contributed by atoms with Crippen molar-refractivity contribution in [3.63, 3.8) is 0 Å². The Morgan fingerprint density at radius 3 is 2.77 bits per heavy atom. The average Bonchev–Trinajstić information content (AvgIpc) is 2.79. The van der Waals surface area contributed by atoms with Crippen LogP contribution in [0.5, 0.6) is 11.5 Å². The summed E-state index contributed by atoms with van der Waals surface area (Å²) in [5, 5.41) is 8.61. The van der Waals surface area contributed by atoms with Crippen molar-refractivity contribution in [3.05, 3.63) is 29.8 Å². The predicted molar refractivity (Wildman–Crippen MR) is 111 cm³/mol. The first-order chi connectivity index (χ1) is 14.6. The number of hydrogen-bond donors (Lipinski definition) is 0. The number of hydrogen-bond acceptors (Lipinski definition) is 6. The van der Waals surface area contributed by atoms with Gasteiger partial charge in [-0.1, -0.05) is 25.3 Å². The maximum Gasteiger partial charge on any atom is 0.331 e. The van der Waals surface area contributed by atoms with Crippen LogP contribution in [0.25, 0.3) is 6.08 Å². The Kier molecular flexibility index (Phi) is 7.72. The van der Waals surface area contributed by atoms with Gasteiger partial charge < -0.3 is 19.1 Å². The van der Waals surface area contributed by atoms with Crippen molar-refractivity contribution in [1.29, 1.82) is 5.26 Å². The zero-order valence-corrected chi connectivity index (χ0v) is 17.3. The minimum absolute atomic E-state index is 0.0790. The molecule has 1 aliphatic heterocycles. The molecule has 1 heterocycles. The lowest BCUT2D eigenvalue weighted by Crippen LogP contribution is -2.46. The molecule has 7 heteroatoms. The van der Waals surface area contributed by atoms with E-state index >= 15 is 0 Å². The van der Waals surface area contributed by atoms with Crippen molar-refractivity contribution in [3.8, 4) is 17.6 Å². The highest BCUT2D eigenvalue weighted by molar-refractivity contribution is 5.89. The van der Waals surface area contributed by atoms with Gasteiger partial charge >= 0.3 is 5.97 Å². The third kappa shape index (κ3) is 5.76. The maximum absolute atomic E-state index is 12.4. The van der Waals surface area contributed by atoms with Crippen LogP contribution in [0, 0.1) is 23.2 Å². The van der Waals surface area contributed by atoms with Crippen LogP contribution in [0.2, 0.25) is 0 Å². The number of piperidine rings is 1. The van der Waals surface area contributed by atoms with Crippen LogP contribution in [0.1, 0.15) is 37.7 Å². The number of nitriles is 1. The van der Waals surface area contributed by atoms with Gasteiger partial charge in [0.25, 0.3) is 5.91 Å². The van der Waals surface area contributed by atoms with E-state index in [1.165, 1.54) is 38.9 Å². The van der Waals surface area contributed by atoms with Crippen LogP contribution in [0.3, 0.4) is 0 Å². The first-order valence-electron chi connectivity index (χ1n) is 10.4. The molecule has 7 nitrogen and oxygen atoms in total. The molecule has 1 aromatic rings. The molecule has 1 aromatic carbocycles. The van der Waals surface area contributed by atoms with Gasteiger partial charge in [0, 0.05) is 19.2 Å². The number of amides is 1. The summed E-state index contributed by atoms with van der Waals surface area (Å²) in [7, 11) is 1.50. The molecule has 30 heavy (non-hydrogen) atoms. The second kappa shape index (κ2) is 10.7. The Balaban J connectivity index is 1.47. The van der Waals surface area contributed by atoms with Crippen molar-refractivity contribution in [2.24, 2.45) is 11.8 Å². The normalized spacial score (nSPS) is 20.9. The second-order valence-electron chi connectivity index (χ2n) is 7.73. The van der Waals surface area contributed by atoms with Crippen LogP contribution < -0.4 is 9.47 Å². The van der Waals surface area contributed by atoms with Crippen LogP contribution in [-0.2, 0) is 14.3 Å². The van der Waals surface area contributed by atoms with Crippen LogP contribution in [0.4, 0.5) is 0 Å². The van der Waals surface area contributed by atoms with Gasteiger partial charge in [0.1, 0.15) is 6.07 Å². The smallest absolute Gasteiger partial charge is 0.331 e. The molecule has 2 aliphatic rings. The number of carbonyl (C=O) groups is 2. The number of esters is 1. The summed E-state index contributed by atoms with van der Waals surface area (Å²) in [5.74, 6) is 1.57. The first-order valence-corrected chi connectivity index (χ1v) is 10.4. The number of benzene rings is 1. The fourth-order valence-electron chi connectivity index (χ4n) is 4.28. The highest BCUT2D eigenvalue weighted by Crippen LogP contribution is 2.36. The molecule has 1 amide bonds. The van der Waals surface area contributed by atoms with E-state index in [9.17, 15) is 9.59 Å². The number of carbonyl (C=O) groups excluding carboxylic acids is 2. The Labute approximate surface area is 177 Å². The Morgan fingerprint density at radius 2 is 2.00 bits per heavy atom. The molecule has 3 rings (SSSR count). The van der Waals surface area contributed by atoms with E-state index in [0.717, 1.165) is 25.4 Å². The monoisotopic (exact) mass is 412 g/mol. The van der Waals surface area contributed by atoms with E-state index in [2.05, 4.69) is 0 Å². The third-order valence-corrected chi connectivity index (χ3v) is 5.87. The topological polar surface area (TPSA) is 88.9 Å². The lowest BCUT2D eigenvalue weighted by molar-refractivity contribution is -0.149. The van der Waals surface area contributed by atoms with Gasteiger partial charge in [0.2, 0.25) is 0 Å². The molecule has 2 atom stereocenters. The Hall–Kier alpha value is -3.01. The average molecular weight is 412 g/mol. The first kappa shape index (κ1) is 21.7. The molecule has 0 bridgehead atoms. The summed E-state index contributed by atoms with van der Waals surface area (Å²) < 4.78 is 15.6. The molecule has 2 fully saturated rings. The largest absolute Gasteiger partial charge is 0.493 e. The van der Waals surface area contributed by atoms with E-state index in [1.807, 2.05) is 11.0 Å². The van der Waals surface area contributed by atoms with Gasteiger partial charge in [0.05, 0.1) is 7.11 Å². The van der Waals surface area contributed by atoms with E-state index < -0.39 is 5.97 Å². The molecular formula is C23H28N2O5. The van der Waals surface area contributed by atoms with Gasteiger partial charge in [-0.2, -0.15) is 5.26 Å². The number of methoxy groups -OCH3 is 1. The van der Waals surface area contributed by atoms with Gasteiger partial charge in [0.15, 0.2) is 24.7 Å². The number of likely N-dealkylation sites (tertiary alicyclic amines) is 1. The summed E-state index contributed by atoms with van der Waals surface area (Å²) in [6.45, 7) is 1.24. The van der Waals surface area contributed by atoms with Crippen molar-refractivity contribution < 1.29 is 23.8 Å². The van der Waals surface area contributed by atoms with Crippen LogP contribution in [-0.4, -0.2) is 50.2 Å². The fraction of sp³-hybridized carbons (Fsp3) is 0.522. The lowest BCUT2D eigenvalue weighted by Gasteiger charge is -2.41. The molecule has 0 N–H and O–H groups in total. The van der Waals surface area contributed by atoms with Crippen molar-refractivity contribution in [2.75, 3.05) is 33.4 Å². The van der Waals surface area contributed by atoms with Gasteiger partial charge in [-0.15, -0.1) is 0 Å². The zero-order chi connectivity index (χ0) is 21.3. The number of rotatable bonds is 7. The molecule has 0 radical (unpaired) electrons. The number of nitrogens with zero attached hydrogens (tertiary/aromatic N) is 2. The molecule has 0 spiro atoms. The SMILES string of the molecule is COc1cc(/C=C/C(=O)OCC(=O)N2CC[C@H]3CCCC[C@H]3C2)ccc1OCC#N. The van der Waals surface area contributed by atoms with Gasteiger partial charge in [-0.05, 0) is 48.4 Å². The van der Waals surface area contributed by atoms with Crippen LogP contribution >= 0.6 is 0 Å². The fourth-order valence-corrected chi connectivity index (χ4v) is 4.28. The molecular weight excluding hydrogens is 384 g/mol. The summed E-state index contributed by atoms with van der Waals surface area (Å²) in [4.78, 5) is 26.3. The van der Waals surface area contributed by atoms with E-state index in [4.69, 9.17) is 19.5 Å². The van der Waals surface area contributed by atoms with Gasteiger partial charge in [-0.25, -0.2) is 4.79 Å². The molecule has 160 valence electrons. The molecule has 0 aromatic heterocycles.